The normalized spacial score (nSPS) is 16.1. The van der Waals surface area contributed by atoms with Gasteiger partial charge in [-0.25, -0.2) is 30.0 Å². The molecule has 4 fully saturated rings. The minimum atomic E-state index is -4.12. The summed E-state index contributed by atoms with van der Waals surface area (Å²) in [4.78, 5) is 96.9. The van der Waals surface area contributed by atoms with Crippen molar-refractivity contribution >= 4 is 107 Å². The maximum atomic E-state index is 13.8. The van der Waals surface area contributed by atoms with Crippen molar-refractivity contribution in [3.63, 3.8) is 0 Å². The first-order valence-corrected chi connectivity index (χ1v) is 43.5. The van der Waals surface area contributed by atoms with E-state index < -0.39 is 68.3 Å². The number of aliphatic carboxylic acids is 1. The number of alkyl halides is 5. The van der Waals surface area contributed by atoms with Gasteiger partial charge in [0.2, 0.25) is 5.91 Å². The number of aliphatic hydroxyl groups is 1. The third kappa shape index (κ3) is 34.7. The number of carboxylic acid groups (broad SMARTS) is 1. The Kier molecular flexibility index (Phi) is 50.7. The van der Waals surface area contributed by atoms with Gasteiger partial charge in [0.25, 0.3) is 37.9 Å². The average Bonchev–Trinajstić information content (AvgIpc) is 0.750. The summed E-state index contributed by atoms with van der Waals surface area (Å²) < 4.78 is 119. The maximum absolute atomic E-state index is 13.8. The summed E-state index contributed by atoms with van der Waals surface area (Å²) in [7, 11) is -8.19. The molecule has 6 heterocycles. The summed E-state index contributed by atoms with van der Waals surface area (Å²) in [5, 5.41) is 51.7. The Morgan fingerprint density at radius 2 is 0.836 bits per heavy atom. The second-order valence-corrected chi connectivity index (χ2v) is 32.6. The maximum Gasteiger partial charge on any atom is 1.00 e. The molecule has 2 atom stereocenters. The van der Waals surface area contributed by atoms with Crippen molar-refractivity contribution < 1.29 is 199 Å². The minimum absolute atomic E-state index is 0. The summed E-state index contributed by atoms with van der Waals surface area (Å²) in [6.45, 7) is 19.9. The molecule has 0 unspecified atom stereocenters. The summed E-state index contributed by atoms with van der Waals surface area (Å²) in [5.74, 6) is -2.42. The van der Waals surface area contributed by atoms with Crippen molar-refractivity contribution in [3.8, 4) is 0 Å². The number of hydrogen-bond donors (Lipinski definition) is 5. The van der Waals surface area contributed by atoms with Crippen LogP contribution in [0.2, 0.25) is 0 Å². The van der Waals surface area contributed by atoms with E-state index in [0.717, 1.165) is 154 Å². The zero-order valence-electron chi connectivity index (χ0n) is 74.9. The second-order valence-electron chi connectivity index (χ2n) is 29.0. The van der Waals surface area contributed by atoms with Crippen LogP contribution in [0, 0.1) is 34.1 Å². The smallest absolute Gasteiger partial charge is 1.00 e. The van der Waals surface area contributed by atoms with Crippen LogP contribution in [-0.4, -0.2) is 259 Å². The van der Waals surface area contributed by atoms with Crippen molar-refractivity contribution in [2.24, 2.45) is 0 Å². The second kappa shape index (κ2) is 59.0. The molecule has 0 aliphatic carbocycles. The van der Waals surface area contributed by atoms with Crippen molar-refractivity contribution in [1.82, 2.24) is 20.0 Å². The van der Waals surface area contributed by atoms with Crippen LogP contribution in [0.15, 0.2) is 204 Å². The molecule has 128 heavy (non-hydrogen) atoms. The number of nitro groups is 2. The number of Topliss-reactive ketones (excluding diaryl/α,β-unsaturated/α-hetero) is 2. The van der Waals surface area contributed by atoms with Gasteiger partial charge >= 0.3 is 109 Å². The molecule has 0 saturated carbocycles. The number of ketones is 2. The molecule has 0 spiro atoms. The molecule has 1 amide bonds. The first-order valence-electron chi connectivity index (χ1n) is 41.3. The molecular weight excluding hydrogens is 1760 g/mol. The van der Waals surface area contributed by atoms with E-state index in [0.29, 0.717) is 54.2 Å². The number of carbonyl (C=O) groups is 5. The Labute approximate surface area is 832 Å². The van der Waals surface area contributed by atoms with Gasteiger partial charge in [-0.05, 0) is 141 Å². The fourth-order valence-corrected chi connectivity index (χ4v) is 17.5. The third-order valence-corrected chi connectivity index (χ3v) is 24.4. The third-order valence-electron chi connectivity index (χ3n) is 20.7. The Bertz CT molecular complexity index is 4950. The van der Waals surface area contributed by atoms with Crippen molar-refractivity contribution in [2.45, 2.75) is 74.7 Å². The number of carboxylic acids is 1. The molecular formula is C88H113F5K2N14O17S2. The number of non-ortho nitro benzene ring substituents is 2. The van der Waals surface area contributed by atoms with E-state index >= 15 is 0 Å². The van der Waals surface area contributed by atoms with Gasteiger partial charge in [-0.2, -0.15) is 0 Å². The molecule has 8 aromatic carbocycles. The van der Waals surface area contributed by atoms with Crippen LogP contribution in [0.1, 0.15) is 51.2 Å². The molecule has 0 bridgehead atoms. The van der Waals surface area contributed by atoms with Gasteiger partial charge in [0.15, 0.2) is 11.6 Å². The van der Waals surface area contributed by atoms with Crippen LogP contribution < -0.4 is 153 Å². The van der Waals surface area contributed by atoms with Gasteiger partial charge < -0.3 is 57.8 Å². The van der Waals surface area contributed by atoms with Gasteiger partial charge in [-0.1, -0.05) is 78.7 Å². The van der Waals surface area contributed by atoms with Crippen LogP contribution in [0.3, 0.4) is 0 Å². The summed E-state index contributed by atoms with van der Waals surface area (Å²) in [6.07, 6.45) is -0.149. The average molecular weight is 1880 g/mol. The number of hydrogen-bond acceptors (Lipinski definition) is 25. The number of amides is 1. The van der Waals surface area contributed by atoms with Crippen LogP contribution in [-0.2, 0) is 61.7 Å². The van der Waals surface area contributed by atoms with E-state index in [4.69, 9.17) is 27.4 Å². The van der Waals surface area contributed by atoms with E-state index in [1.54, 1.807) is 116 Å². The number of sulfonamides is 2. The molecule has 686 valence electrons. The topological polar surface area (TPSA) is 392 Å². The van der Waals surface area contributed by atoms with Gasteiger partial charge in [-0.15, -0.1) is 0 Å². The predicted octanol–water partition coefficient (Wildman–Crippen LogP) is 4.13. The SMILES string of the molecule is CCCF.CO.Cc1ccc(S(=O)(=O)N2c3ccccc3CC(=O)[C@H]2CC(=O)Nc2ccc(N3CCN(CCF)CC3)cc2)cc1.Cc1ccc(S(=O)(=O)N2c3ccccc3CC(=O)[C@H]2CC(=O)O)cc1.Nc1ccc(N2CCN(CCF)CC2)cc1.O=CO[O-].O=[N+]([O-])c1ccc(N2CCN(CCF)CC2)cc1.O=[N+]([O-])c1ccc(N2CCNCC2)cc1.[2H]CF.[H-].[K+].[K+]. The molecule has 6 N–H and O–H groups in total. The van der Waals surface area contributed by atoms with Crippen molar-refractivity contribution in [2.75, 3.05) is 205 Å². The molecule has 6 aliphatic rings. The molecule has 4 saturated heterocycles. The molecule has 8 aromatic rings. The van der Waals surface area contributed by atoms with Crippen LogP contribution in [0.25, 0.3) is 0 Å². The standard InChI is InChI=1S/C30H33FN4O4S.C18H17NO5S.C12H16FN3O2.C12H18FN3.C10H13N3O2.C3H7F.CH3F.CH2O3.CH4O.2K.H/c1-22-6-12-26(13-7-22)40(38,39)35-27-5-3-2-4-23(27)20-29(36)28(35)21-30(37)32-24-8-10-25(11-9-24)34-18-16-33(15-14-31)17-19-34;1-12-6-8-14(9-7-12)25(23,24)19-15-5-3-2-4-13(15)10-17(20)16(19)11-18(21)22;13-5-6-14-7-9-15(10-8-14)11-1-3-12(4-2-11)16(17)18;13-5-6-15-7-9-16(10-8-15)12-3-1-11(14)2-4-12;14-13(15)10-3-1-9(2-4-10)12-7-5-11-6-8-12;1-2-3-4;1-2;2-1-4-3;1-2;;;/h2-13,28H,14-21H2,1H3,(H,32,37);2-9,16H,10-11H2,1H3,(H,21,22);1-4H,5-10H2;1-4H,5-10,14H2;1-4,11H,5-8H2;2-3H2,1H3;1H3;1,3H;2H,1H3;;;/q;;;;;;;;;2*+1;-1/p-1/t28-;16-;;;;;;;;;;/m11........../s1/i;;;;;;1D;;;;;. The van der Waals surface area contributed by atoms with Crippen LogP contribution in [0.5, 0.6) is 0 Å². The number of para-hydroxylation sites is 2. The molecule has 6 aliphatic heterocycles. The number of fused-ring (bicyclic) bond motifs is 2. The fourth-order valence-electron chi connectivity index (χ4n) is 14.1. The predicted molar refractivity (Wildman–Crippen MR) is 477 cm³/mol. The molecule has 0 radical (unpaired) electrons. The van der Waals surface area contributed by atoms with Crippen LogP contribution in [0.4, 0.5) is 78.8 Å². The number of nitrogens with two attached hydrogens (primary N) is 1. The molecule has 0 aromatic heterocycles. The first kappa shape index (κ1) is 110. The molecule has 31 nitrogen and oxygen atoms in total. The molecule has 40 heteroatoms. The number of rotatable bonds is 23. The quantitative estimate of drug-likeness (QED) is 0.0114. The Balaban J connectivity index is 0.000000421. The van der Waals surface area contributed by atoms with Gasteiger partial charge in [0, 0.05) is 203 Å². The monoisotopic (exact) mass is 1880 g/mol. The van der Waals surface area contributed by atoms with E-state index in [1.807, 2.05) is 62.4 Å². The number of anilines is 8. The van der Waals surface area contributed by atoms with Gasteiger partial charge in [0.05, 0.1) is 59.1 Å². The Hall–Kier alpha value is -8.51. The number of nitro benzene ring substituents is 2. The number of halogens is 5. The van der Waals surface area contributed by atoms with E-state index in [1.165, 1.54) is 42.1 Å². The van der Waals surface area contributed by atoms with Gasteiger partial charge in [-0.3, -0.25) is 76.3 Å². The number of carbonyl (C=O) groups excluding carboxylic acids is 4. The zero-order chi connectivity index (χ0) is 93.0. The minimum Gasteiger partial charge on any atom is -1.00 e. The van der Waals surface area contributed by atoms with Crippen LogP contribution >= 0.6 is 0 Å². The zero-order valence-corrected chi connectivity index (χ0v) is 80.8. The number of nitrogen functional groups attached to an aromatic ring is 1. The number of piperazine rings is 4. The van der Waals surface area contributed by atoms with E-state index in [9.17, 15) is 78.2 Å². The van der Waals surface area contributed by atoms with E-state index in [-0.39, 0.29) is 189 Å². The first-order chi connectivity index (χ1) is 61.1. The van der Waals surface area contributed by atoms with Gasteiger partial charge in [0.1, 0.15) is 32.1 Å². The number of aliphatic hydroxyl groups excluding tert-OH is 1. The fraction of sp³-hybridized carbons (Fsp3) is 0.398. The Morgan fingerprint density at radius 3 is 1.14 bits per heavy atom. The van der Waals surface area contributed by atoms with Crippen molar-refractivity contribution in [1.29, 1.82) is 0 Å². The largest absolute Gasteiger partial charge is 1.00 e. The number of aryl methyl sites for hydroxylation is 2. The summed E-state index contributed by atoms with van der Waals surface area (Å²) in [6, 6.07) is 52.5. The number of benzene rings is 8. The molecule has 14 rings (SSSR count). The summed E-state index contributed by atoms with van der Waals surface area (Å²) >= 11 is 0. The Morgan fingerprint density at radius 1 is 0.531 bits per heavy atom. The van der Waals surface area contributed by atoms with Crippen molar-refractivity contribution in [3.05, 3.63) is 237 Å². The summed E-state index contributed by atoms with van der Waals surface area (Å²) in [5.41, 5.74) is 15.3. The number of nitrogens with one attached hydrogen (secondary N) is 2. The van der Waals surface area contributed by atoms with E-state index in [2.05, 4.69) is 49.8 Å². The number of nitrogens with zero attached hydrogens (tertiary/aromatic N) is 11.